The summed E-state index contributed by atoms with van der Waals surface area (Å²) in [5.41, 5.74) is 10.2. The first kappa shape index (κ1) is 8.54. The molecule has 5 N–H and O–H groups in total. The average Bonchev–Trinajstić information content (AvgIpc) is 2.33. The van der Waals surface area contributed by atoms with E-state index >= 15 is 0 Å². The monoisotopic (exact) mass is 185 g/mol. The van der Waals surface area contributed by atoms with Crippen LogP contribution < -0.4 is 16.8 Å². The summed E-state index contributed by atoms with van der Waals surface area (Å²) in [7, 11) is 0. The van der Waals surface area contributed by atoms with E-state index in [9.17, 15) is 9.59 Å². The van der Waals surface area contributed by atoms with Crippen molar-refractivity contribution in [3.63, 3.8) is 0 Å². The number of hydrogen-bond acceptors (Lipinski definition) is 3. The first-order valence-electron chi connectivity index (χ1n) is 3.05. The molecular formula is C6H7N3O2S. The van der Waals surface area contributed by atoms with Gasteiger partial charge in [0, 0.05) is 0 Å². The largest absolute Gasteiger partial charge is 0.365 e. The van der Waals surface area contributed by atoms with E-state index in [1.807, 2.05) is 0 Å². The van der Waals surface area contributed by atoms with Crippen LogP contribution in [0.15, 0.2) is 11.4 Å². The SMILES string of the molecule is NC(=O)Nc1ccsc1C(N)=O. The van der Waals surface area contributed by atoms with Crippen LogP contribution in [0.25, 0.3) is 0 Å². The number of primary amides is 2. The lowest BCUT2D eigenvalue weighted by Crippen LogP contribution is -2.21. The van der Waals surface area contributed by atoms with E-state index in [0.29, 0.717) is 10.6 Å². The van der Waals surface area contributed by atoms with Gasteiger partial charge in [0.05, 0.1) is 5.69 Å². The molecule has 0 radical (unpaired) electrons. The van der Waals surface area contributed by atoms with E-state index in [-0.39, 0.29) is 0 Å². The van der Waals surface area contributed by atoms with Crippen molar-refractivity contribution in [2.75, 3.05) is 5.32 Å². The number of nitrogens with two attached hydrogens (primary N) is 2. The Morgan fingerprint density at radius 1 is 1.42 bits per heavy atom. The Bertz CT molecular complexity index is 320. The van der Waals surface area contributed by atoms with Crippen molar-refractivity contribution in [3.05, 3.63) is 16.3 Å². The molecule has 0 spiro atoms. The summed E-state index contributed by atoms with van der Waals surface area (Å²) in [4.78, 5) is 21.4. The fourth-order valence-electron chi connectivity index (χ4n) is 0.731. The van der Waals surface area contributed by atoms with Crippen molar-refractivity contribution in [3.8, 4) is 0 Å². The number of urea groups is 1. The van der Waals surface area contributed by atoms with E-state index in [4.69, 9.17) is 11.5 Å². The Hall–Kier alpha value is -1.56. The lowest BCUT2D eigenvalue weighted by molar-refractivity contribution is 0.100. The molecule has 0 aromatic carbocycles. The molecule has 0 aliphatic heterocycles. The second kappa shape index (κ2) is 3.22. The minimum Gasteiger partial charge on any atom is -0.365 e. The average molecular weight is 185 g/mol. The molecule has 0 bridgehead atoms. The number of anilines is 1. The summed E-state index contributed by atoms with van der Waals surface area (Å²) in [5.74, 6) is -0.575. The molecule has 0 aliphatic rings. The lowest BCUT2D eigenvalue weighted by Gasteiger charge is -1.98. The summed E-state index contributed by atoms with van der Waals surface area (Å²) in [6.07, 6.45) is 0. The van der Waals surface area contributed by atoms with Crippen molar-refractivity contribution >= 4 is 29.0 Å². The third kappa shape index (κ3) is 1.73. The number of hydrogen-bond donors (Lipinski definition) is 3. The first-order chi connectivity index (χ1) is 5.61. The maximum atomic E-state index is 10.7. The number of nitrogens with one attached hydrogen (secondary N) is 1. The Kier molecular flexibility index (Phi) is 2.29. The molecule has 1 rings (SSSR count). The third-order valence-corrected chi connectivity index (χ3v) is 2.08. The summed E-state index contributed by atoms with van der Waals surface area (Å²) < 4.78 is 0. The Labute approximate surface area is 72.4 Å². The highest BCUT2D eigenvalue weighted by Gasteiger charge is 2.10. The van der Waals surface area contributed by atoms with E-state index in [1.165, 1.54) is 0 Å². The van der Waals surface area contributed by atoms with Gasteiger partial charge >= 0.3 is 6.03 Å². The number of rotatable bonds is 2. The molecule has 5 nitrogen and oxygen atoms in total. The smallest absolute Gasteiger partial charge is 0.316 e. The van der Waals surface area contributed by atoms with Crippen LogP contribution in [-0.4, -0.2) is 11.9 Å². The van der Waals surface area contributed by atoms with E-state index in [0.717, 1.165) is 11.3 Å². The van der Waals surface area contributed by atoms with Gasteiger partial charge in [-0.25, -0.2) is 4.79 Å². The standard InChI is InChI=1S/C6H7N3O2S/c7-5(10)4-3(1-2-12-4)9-6(8)11/h1-2H,(H2,7,10)(H3,8,9,11). The second-order valence-electron chi connectivity index (χ2n) is 2.02. The Morgan fingerprint density at radius 2 is 2.08 bits per heavy atom. The lowest BCUT2D eigenvalue weighted by atomic mass is 10.4. The first-order valence-corrected chi connectivity index (χ1v) is 3.93. The molecule has 0 unspecified atom stereocenters. The molecular weight excluding hydrogens is 178 g/mol. The zero-order valence-electron chi connectivity index (χ0n) is 6.03. The van der Waals surface area contributed by atoms with Gasteiger partial charge in [-0.1, -0.05) is 0 Å². The zero-order chi connectivity index (χ0) is 9.14. The predicted octanol–water partition coefficient (Wildman–Crippen LogP) is 0.338. The van der Waals surface area contributed by atoms with Gasteiger partial charge < -0.3 is 16.8 Å². The second-order valence-corrected chi connectivity index (χ2v) is 2.93. The van der Waals surface area contributed by atoms with Crippen LogP contribution >= 0.6 is 11.3 Å². The fourth-order valence-corrected chi connectivity index (χ4v) is 1.43. The van der Waals surface area contributed by atoms with Gasteiger partial charge in [-0.2, -0.15) is 0 Å². The van der Waals surface area contributed by atoms with Crippen LogP contribution in [0.4, 0.5) is 10.5 Å². The summed E-state index contributed by atoms with van der Waals surface area (Å²) in [6.45, 7) is 0. The fraction of sp³-hybridized carbons (Fsp3) is 0. The van der Waals surface area contributed by atoms with Gasteiger partial charge in [0.15, 0.2) is 0 Å². The maximum absolute atomic E-state index is 10.7. The van der Waals surface area contributed by atoms with Gasteiger partial charge in [0.1, 0.15) is 4.88 Å². The predicted molar refractivity (Wildman–Crippen MR) is 46.0 cm³/mol. The van der Waals surface area contributed by atoms with Crippen LogP contribution in [0.2, 0.25) is 0 Å². The van der Waals surface area contributed by atoms with Gasteiger partial charge in [0.2, 0.25) is 0 Å². The van der Waals surface area contributed by atoms with Crippen LogP contribution in [-0.2, 0) is 0 Å². The maximum Gasteiger partial charge on any atom is 0.316 e. The third-order valence-electron chi connectivity index (χ3n) is 1.15. The van der Waals surface area contributed by atoms with Crippen LogP contribution in [0.3, 0.4) is 0 Å². The minimum absolute atomic E-state index is 0.300. The van der Waals surface area contributed by atoms with Crippen molar-refractivity contribution in [1.29, 1.82) is 0 Å². The Balaban J connectivity index is 2.91. The molecule has 0 fully saturated rings. The molecule has 1 aromatic heterocycles. The van der Waals surface area contributed by atoms with Crippen LogP contribution in [0, 0.1) is 0 Å². The molecule has 6 heteroatoms. The molecule has 0 saturated carbocycles. The van der Waals surface area contributed by atoms with Crippen molar-refractivity contribution in [2.45, 2.75) is 0 Å². The molecule has 12 heavy (non-hydrogen) atoms. The highest BCUT2D eigenvalue weighted by atomic mass is 32.1. The number of amides is 3. The highest BCUT2D eigenvalue weighted by molar-refractivity contribution is 7.12. The van der Waals surface area contributed by atoms with Gasteiger partial charge in [-0.3, -0.25) is 4.79 Å². The van der Waals surface area contributed by atoms with Gasteiger partial charge in [0.25, 0.3) is 5.91 Å². The number of thiophene rings is 1. The molecule has 0 atom stereocenters. The topological polar surface area (TPSA) is 98.2 Å². The van der Waals surface area contributed by atoms with E-state index in [2.05, 4.69) is 5.32 Å². The van der Waals surface area contributed by atoms with Gasteiger partial charge in [-0.05, 0) is 11.4 Å². The van der Waals surface area contributed by atoms with Crippen molar-refractivity contribution in [1.82, 2.24) is 0 Å². The minimum atomic E-state index is -0.712. The molecule has 1 heterocycles. The van der Waals surface area contributed by atoms with Crippen molar-refractivity contribution < 1.29 is 9.59 Å². The van der Waals surface area contributed by atoms with Gasteiger partial charge in [-0.15, -0.1) is 11.3 Å². The van der Waals surface area contributed by atoms with Crippen LogP contribution in [0.1, 0.15) is 9.67 Å². The molecule has 0 saturated heterocycles. The van der Waals surface area contributed by atoms with E-state index in [1.54, 1.807) is 11.4 Å². The summed E-state index contributed by atoms with van der Waals surface area (Å²) >= 11 is 1.15. The number of carbonyl (C=O) groups is 2. The quantitative estimate of drug-likeness (QED) is 0.619. The summed E-state index contributed by atoms with van der Waals surface area (Å²) in [6, 6.07) is 0.853. The number of carbonyl (C=O) groups excluding carboxylic acids is 2. The van der Waals surface area contributed by atoms with Crippen molar-refractivity contribution in [2.24, 2.45) is 11.5 Å². The van der Waals surface area contributed by atoms with Crippen LogP contribution in [0.5, 0.6) is 0 Å². The molecule has 0 aliphatic carbocycles. The molecule has 1 aromatic rings. The van der Waals surface area contributed by atoms with E-state index < -0.39 is 11.9 Å². The molecule has 64 valence electrons. The summed E-state index contributed by atoms with van der Waals surface area (Å²) in [5, 5.41) is 3.93. The highest BCUT2D eigenvalue weighted by Crippen LogP contribution is 2.20. The Morgan fingerprint density at radius 3 is 2.58 bits per heavy atom. The normalized spacial score (nSPS) is 9.33. The molecule has 3 amide bonds. The zero-order valence-corrected chi connectivity index (χ0v) is 6.85.